The van der Waals surface area contributed by atoms with E-state index in [1.807, 2.05) is 30.3 Å². The summed E-state index contributed by atoms with van der Waals surface area (Å²) in [7, 11) is -3.42. The zero-order chi connectivity index (χ0) is 32.7. The Morgan fingerprint density at radius 2 is 1.82 bits per heavy atom. The van der Waals surface area contributed by atoms with E-state index >= 15 is 0 Å². The van der Waals surface area contributed by atoms with Gasteiger partial charge in [-0.15, -0.1) is 11.3 Å². The van der Waals surface area contributed by atoms with Crippen LogP contribution in [0.2, 0.25) is 0 Å². The number of para-hydroxylation sites is 1. The number of thiophene rings is 1. The third kappa shape index (κ3) is 6.53. The van der Waals surface area contributed by atoms with Crippen LogP contribution in [0.3, 0.4) is 0 Å². The topological polar surface area (TPSA) is 148 Å². The number of alkyl halides is 1. The van der Waals surface area contributed by atoms with E-state index in [0.717, 1.165) is 18.3 Å². The van der Waals surface area contributed by atoms with Crippen molar-refractivity contribution in [3.63, 3.8) is 0 Å². The number of hydrogen-bond acceptors (Lipinski definition) is 6. The van der Waals surface area contributed by atoms with E-state index in [0.29, 0.717) is 41.6 Å². The molecule has 0 radical (unpaired) electrons. The molecule has 0 saturated carbocycles. The third-order valence-corrected chi connectivity index (χ3v) is 11.3. The van der Waals surface area contributed by atoms with E-state index in [-0.39, 0.29) is 47.3 Å². The minimum Gasteiger partial charge on any atom is -0.350 e. The molecule has 2 aromatic carbocycles. The molecule has 2 unspecified atom stereocenters. The van der Waals surface area contributed by atoms with Crippen LogP contribution < -0.4 is 10.2 Å². The van der Waals surface area contributed by atoms with Crippen molar-refractivity contribution in [3.05, 3.63) is 65.0 Å². The Balaban J connectivity index is 1.35. The molecule has 0 spiro atoms. The van der Waals surface area contributed by atoms with Crippen molar-refractivity contribution in [1.29, 1.82) is 0 Å². The van der Waals surface area contributed by atoms with E-state index in [4.69, 9.17) is 0 Å². The predicted molar refractivity (Wildman–Crippen MR) is 169 cm³/mol. The third-order valence-electron chi connectivity index (χ3n) is 8.81. The van der Waals surface area contributed by atoms with Gasteiger partial charge in [0, 0.05) is 55.6 Å². The lowest BCUT2D eigenvalue weighted by molar-refractivity contribution is -0.146. The molecule has 14 heteroatoms. The molecule has 4 amide bonds. The number of nitrogens with one attached hydrogen (secondary N) is 1. The quantitative estimate of drug-likeness (QED) is 0.327. The van der Waals surface area contributed by atoms with Crippen LogP contribution in [0.4, 0.5) is 10.1 Å². The Hall–Kier alpha value is -3.64. The van der Waals surface area contributed by atoms with Gasteiger partial charge in [0.05, 0.1) is 10.8 Å². The predicted octanol–water partition coefficient (Wildman–Crippen LogP) is 3.84. The van der Waals surface area contributed by atoms with Crippen LogP contribution in [0.25, 0.3) is 10.1 Å². The summed E-state index contributed by atoms with van der Waals surface area (Å²) in [6.45, 7) is 2.68. The summed E-state index contributed by atoms with van der Waals surface area (Å²) in [5.74, 6) is -1.97. The highest BCUT2D eigenvalue weighted by Gasteiger charge is 2.46. The van der Waals surface area contributed by atoms with E-state index in [1.165, 1.54) is 31.2 Å². The second-order valence-corrected chi connectivity index (χ2v) is 14.8. The first-order valence-corrected chi connectivity index (χ1v) is 17.1. The zero-order valence-electron chi connectivity index (χ0n) is 25.2. The average Bonchev–Trinajstić information content (AvgIpc) is 3.62. The van der Waals surface area contributed by atoms with Gasteiger partial charge in [0.1, 0.15) is 6.04 Å². The molecule has 0 bridgehead atoms. The van der Waals surface area contributed by atoms with E-state index in [9.17, 15) is 37.9 Å². The van der Waals surface area contributed by atoms with Crippen LogP contribution in [0, 0.1) is 5.92 Å². The fraction of sp³-hybridized carbons (Fsp3) is 0.419. The Labute approximate surface area is 264 Å². The van der Waals surface area contributed by atoms with E-state index < -0.39 is 30.9 Å². The number of hydrogen-bond donors (Lipinski definition) is 3. The molecule has 240 valence electrons. The molecule has 11 nitrogen and oxygen atoms in total. The molecule has 2 saturated heterocycles. The molecule has 1 aromatic heterocycles. The summed E-state index contributed by atoms with van der Waals surface area (Å²) in [4.78, 5) is 77.4. The van der Waals surface area contributed by atoms with Crippen LogP contribution in [-0.2, 0) is 24.4 Å². The summed E-state index contributed by atoms with van der Waals surface area (Å²) in [6.07, 6.45) is 1.67. The fourth-order valence-corrected chi connectivity index (χ4v) is 7.48. The number of carbonyl (C=O) groups is 4. The molecule has 3 aromatic rings. The molecular formula is C31H36FN4O7PS. The first-order valence-electron chi connectivity index (χ1n) is 14.7. The largest absolute Gasteiger partial charge is 0.366 e. The van der Waals surface area contributed by atoms with E-state index in [1.54, 1.807) is 21.7 Å². The minimum absolute atomic E-state index is 0.0830. The number of benzene rings is 2. The highest BCUT2D eigenvalue weighted by molar-refractivity contribution is 7.52. The van der Waals surface area contributed by atoms with Gasteiger partial charge in [0.15, 0.2) is 0 Å². The maximum atomic E-state index is 14.9. The van der Waals surface area contributed by atoms with Gasteiger partial charge in [0.25, 0.3) is 5.91 Å². The number of fused-ring (bicyclic) bond motifs is 2. The first kappa shape index (κ1) is 32.7. The van der Waals surface area contributed by atoms with Crippen molar-refractivity contribution >= 4 is 58.3 Å². The van der Waals surface area contributed by atoms with Gasteiger partial charge >= 0.3 is 7.60 Å². The first-order chi connectivity index (χ1) is 21.2. The van der Waals surface area contributed by atoms with Crippen molar-refractivity contribution in [3.8, 4) is 0 Å². The van der Waals surface area contributed by atoms with Gasteiger partial charge in [-0.2, -0.15) is 0 Å². The van der Waals surface area contributed by atoms with Crippen molar-refractivity contribution in [2.45, 2.75) is 50.6 Å². The van der Waals surface area contributed by atoms with Crippen LogP contribution in [0.5, 0.6) is 0 Å². The van der Waals surface area contributed by atoms with Gasteiger partial charge in [-0.25, -0.2) is 4.39 Å². The molecule has 3 heterocycles. The Morgan fingerprint density at radius 3 is 2.49 bits per heavy atom. The Morgan fingerprint density at radius 1 is 1.11 bits per heavy atom. The zero-order valence-corrected chi connectivity index (χ0v) is 26.9. The number of nitrogens with zero attached hydrogens (tertiary/aromatic N) is 3. The maximum absolute atomic E-state index is 14.9. The molecule has 3 N–H and O–H groups in total. The van der Waals surface area contributed by atoms with Crippen molar-refractivity contribution in [2.24, 2.45) is 5.92 Å². The molecular weight excluding hydrogens is 622 g/mol. The van der Waals surface area contributed by atoms with Gasteiger partial charge in [-0.1, -0.05) is 24.3 Å². The lowest BCUT2D eigenvalue weighted by Crippen LogP contribution is -2.56. The van der Waals surface area contributed by atoms with Crippen molar-refractivity contribution in [1.82, 2.24) is 15.1 Å². The number of rotatable bonds is 7. The maximum Gasteiger partial charge on any atom is 0.366 e. The highest BCUT2D eigenvalue weighted by Crippen LogP contribution is 2.58. The number of carbonyl (C=O) groups excluding carboxylic acids is 4. The lowest BCUT2D eigenvalue weighted by atomic mass is 10.0. The standard InChI is InChI=1S/C31H36FN4O7PS/c1-19(37)35-14-13-24-10-11-25(30(40)34(3)23-7-5-4-6-8-23)36(24)29(39)21(18-35)17-33-28(38)27-16-20-15-22(9-12-26(20)45-27)31(2,32)44(41,42)43/h4-9,12,15-16,21,24-25H,10-11,13-14,17-18H2,1-3H3,(H,33,38)(H2,41,42,43)/t21?,24-,25+,31?/m1/s1. The normalized spacial score (nSPS) is 21.9. The molecule has 45 heavy (non-hydrogen) atoms. The van der Waals surface area contributed by atoms with Crippen LogP contribution in [0.1, 0.15) is 48.3 Å². The highest BCUT2D eigenvalue weighted by atomic mass is 32.1. The van der Waals surface area contributed by atoms with Crippen molar-refractivity contribution < 1.29 is 37.9 Å². The molecule has 5 rings (SSSR count). The summed E-state index contributed by atoms with van der Waals surface area (Å²) in [5, 5.41) is 0.346. The van der Waals surface area contributed by atoms with Gasteiger partial charge < -0.3 is 29.8 Å². The summed E-state index contributed by atoms with van der Waals surface area (Å²) in [6, 6.07) is 13.9. The second-order valence-electron chi connectivity index (χ2n) is 11.7. The summed E-state index contributed by atoms with van der Waals surface area (Å²) in [5.41, 5.74) is 0.505. The summed E-state index contributed by atoms with van der Waals surface area (Å²) >= 11 is 1.11. The molecule has 0 aliphatic carbocycles. The average molecular weight is 659 g/mol. The minimum atomic E-state index is -5.10. The monoisotopic (exact) mass is 658 g/mol. The van der Waals surface area contributed by atoms with Crippen LogP contribution >= 0.6 is 18.9 Å². The molecule has 2 fully saturated rings. The second kappa shape index (κ2) is 12.6. The van der Waals surface area contributed by atoms with Gasteiger partial charge in [0.2, 0.25) is 23.1 Å². The van der Waals surface area contributed by atoms with E-state index in [2.05, 4.69) is 5.32 Å². The Bertz CT molecular complexity index is 1680. The number of halogens is 1. The SMILES string of the molecule is CC(=O)N1CC[C@H]2CC[C@@H](C(=O)N(C)c3ccccc3)N2C(=O)C(CNC(=O)c2cc3cc(C(C)(F)P(=O)(O)O)ccc3s2)C1. The van der Waals surface area contributed by atoms with Gasteiger partial charge in [-0.05, 0) is 61.9 Å². The van der Waals surface area contributed by atoms with Crippen LogP contribution in [-0.4, -0.2) is 82.0 Å². The lowest BCUT2D eigenvalue weighted by Gasteiger charge is -2.39. The Kier molecular flexibility index (Phi) is 9.19. The summed E-state index contributed by atoms with van der Waals surface area (Å²) < 4.78 is 27.2. The fourth-order valence-electron chi connectivity index (χ4n) is 6.04. The number of amides is 4. The molecule has 4 atom stereocenters. The number of likely N-dealkylation sites (N-methyl/N-ethyl adjacent to an activating group) is 1. The van der Waals surface area contributed by atoms with Crippen LogP contribution in [0.15, 0.2) is 54.6 Å². The smallest absolute Gasteiger partial charge is 0.350 e. The van der Waals surface area contributed by atoms with Crippen molar-refractivity contribution in [2.75, 3.05) is 31.6 Å². The number of anilines is 1. The van der Waals surface area contributed by atoms with Gasteiger partial charge in [-0.3, -0.25) is 23.7 Å². The molecule has 2 aliphatic rings. The molecule has 2 aliphatic heterocycles.